The second-order valence-corrected chi connectivity index (χ2v) is 13.1. The first-order valence-electron chi connectivity index (χ1n) is 13.6. The predicted molar refractivity (Wildman–Crippen MR) is 123 cm³/mol. The number of hydrogen-bond acceptors (Lipinski definition) is 5. The average Bonchev–Trinajstić information content (AvgIpc) is 3.70. The summed E-state index contributed by atoms with van der Waals surface area (Å²) in [6.45, 7) is 7.32. The molecule has 0 radical (unpaired) electrons. The Morgan fingerprint density at radius 3 is 2.52 bits per heavy atom. The lowest BCUT2D eigenvalue weighted by atomic mass is 9.41. The monoisotopic (exact) mass is 455 g/mol. The number of carbonyl (C=O) groups excluding carboxylic acids is 1. The SMILES string of the molecule is CCOCC(=O)[C@H]1CC[C@]2(C)C3CC[C@@]4(C)C(C5CC5[C@@]4(O)CCC#N)C3C3CC3[C@]2(O)C1. The maximum Gasteiger partial charge on any atom is 0.161 e. The largest absolute Gasteiger partial charge is 0.389 e. The van der Waals surface area contributed by atoms with Crippen molar-refractivity contribution in [1.29, 1.82) is 5.26 Å². The van der Waals surface area contributed by atoms with Crippen molar-refractivity contribution < 1.29 is 19.7 Å². The lowest BCUT2D eigenvalue weighted by Crippen LogP contribution is -2.65. The van der Waals surface area contributed by atoms with E-state index >= 15 is 0 Å². The summed E-state index contributed by atoms with van der Waals surface area (Å²) in [4.78, 5) is 12.8. The fraction of sp³-hybridized carbons (Fsp3) is 0.929. The molecule has 33 heavy (non-hydrogen) atoms. The van der Waals surface area contributed by atoms with E-state index in [1.165, 1.54) is 0 Å². The highest BCUT2D eigenvalue weighted by atomic mass is 16.5. The van der Waals surface area contributed by atoms with Gasteiger partial charge in [-0.25, -0.2) is 0 Å². The van der Waals surface area contributed by atoms with E-state index in [4.69, 9.17) is 4.74 Å². The van der Waals surface area contributed by atoms with E-state index in [-0.39, 0.29) is 29.1 Å². The number of Topliss-reactive ketones (excluding diaryl/α,β-unsaturated/α-hetero) is 1. The number of hydrogen-bond donors (Lipinski definition) is 2. The summed E-state index contributed by atoms with van der Waals surface area (Å²) in [7, 11) is 0. The molecule has 0 aliphatic heterocycles. The van der Waals surface area contributed by atoms with Gasteiger partial charge in [0, 0.05) is 24.4 Å². The number of ketones is 1. The molecule has 7 unspecified atom stereocenters. The molecule has 0 heterocycles. The van der Waals surface area contributed by atoms with E-state index in [9.17, 15) is 20.3 Å². The van der Waals surface area contributed by atoms with Crippen LogP contribution in [0.3, 0.4) is 0 Å². The average molecular weight is 456 g/mol. The normalized spacial score (nSPS) is 57.6. The molecule has 182 valence electrons. The second kappa shape index (κ2) is 7.05. The maximum atomic E-state index is 12.8. The number of carbonyl (C=O) groups is 1. The Balaban J connectivity index is 1.30. The van der Waals surface area contributed by atoms with Gasteiger partial charge in [0.1, 0.15) is 6.61 Å². The van der Waals surface area contributed by atoms with E-state index in [0.29, 0.717) is 67.3 Å². The first-order chi connectivity index (χ1) is 15.7. The van der Waals surface area contributed by atoms with Crippen molar-refractivity contribution in [2.75, 3.05) is 13.2 Å². The van der Waals surface area contributed by atoms with E-state index in [0.717, 1.165) is 38.5 Å². The zero-order valence-corrected chi connectivity index (χ0v) is 20.6. The third-order valence-electron chi connectivity index (χ3n) is 12.3. The van der Waals surface area contributed by atoms with Crippen LogP contribution in [-0.2, 0) is 9.53 Å². The molecule has 6 aliphatic rings. The highest BCUT2D eigenvalue weighted by Crippen LogP contribution is 2.82. The highest BCUT2D eigenvalue weighted by Gasteiger charge is 2.81. The summed E-state index contributed by atoms with van der Waals surface area (Å²) in [5, 5.41) is 33.4. The van der Waals surface area contributed by atoms with E-state index < -0.39 is 11.2 Å². The smallest absolute Gasteiger partial charge is 0.161 e. The molecule has 6 fully saturated rings. The van der Waals surface area contributed by atoms with Crippen LogP contribution in [0.25, 0.3) is 0 Å². The summed E-state index contributed by atoms with van der Waals surface area (Å²) >= 11 is 0. The molecular weight excluding hydrogens is 414 g/mol. The summed E-state index contributed by atoms with van der Waals surface area (Å²) < 4.78 is 5.41. The van der Waals surface area contributed by atoms with Gasteiger partial charge >= 0.3 is 0 Å². The van der Waals surface area contributed by atoms with Gasteiger partial charge in [-0.15, -0.1) is 0 Å². The molecule has 12 atom stereocenters. The van der Waals surface area contributed by atoms with Gasteiger partial charge < -0.3 is 14.9 Å². The van der Waals surface area contributed by atoms with Crippen molar-refractivity contribution in [3.63, 3.8) is 0 Å². The van der Waals surface area contributed by atoms with Gasteiger partial charge in [0.2, 0.25) is 0 Å². The molecule has 0 spiro atoms. The fourth-order valence-electron chi connectivity index (χ4n) is 10.6. The second-order valence-electron chi connectivity index (χ2n) is 13.1. The Labute approximate surface area is 198 Å². The van der Waals surface area contributed by atoms with Gasteiger partial charge in [-0.1, -0.05) is 13.8 Å². The number of rotatable bonds is 6. The Bertz CT molecular complexity index is 899. The molecule has 6 rings (SSSR count). The van der Waals surface area contributed by atoms with Crippen LogP contribution in [0.5, 0.6) is 0 Å². The molecule has 0 aromatic rings. The van der Waals surface area contributed by atoms with Crippen LogP contribution in [0.2, 0.25) is 0 Å². The Morgan fingerprint density at radius 2 is 1.79 bits per heavy atom. The van der Waals surface area contributed by atoms with Crippen LogP contribution in [0.15, 0.2) is 0 Å². The van der Waals surface area contributed by atoms with Gasteiger partial charge in [0.05, 0.1) is 17.3 Å². The Kier molecular flexibility index (Phi) is 4.81. The first kappa shape index (κ1) is 22.5. The summed E-state index contributed by atoms with van der Waals surface area (Å²) in [6.07, 6.45) is 7.73. The minimum absolute atomic E-state index is 0.0725. The summed E-state index contributed by atoms with van der Waals surface area (Å²) in [6, 6.07) is 2.29. The minimum Gasteiger partial charge on any atom is -0.389 e. The van der Waals surface area contributed by atoms with Crippen LogP contribution < -0.4 is 0 Å². The molecule has 5 nitrogen and oxygen atoms in total. The molecule has 0 aromatic heterocycles. The quantitative estimate of drug-likeness (QED) is 0.629. The standard InChI is InChI=1S/C28H41NO4/c1-4-33-15-22(30)16-6-9-25(2)19-7-10-26(3)24(18-13-21(18)27(26,31)8-5-11-29)23(19)17-12-20(17)28(25,32)14-16/h16-21,23-24,31-32H,4-10,12-15H2,1-3H3/t16-,17?,18?,19?,20?,21?,23?,24?,25+,26-,27-,28+/m0/s1. The van der Waals surface area contributed by atoms with Gasteiger partial charge in [0.25, 0.3) is 0 Å². The van der Waals surface area contributed by atoms with Crippen molar-refractivity contribution in [2.24, 2.45) is 58.2 Å². The highest BCUT2D eigenvalue weighted by molar-refractivity contribution is 5.82. The number of aliphatic hydroxyl groups is 2. The minimum atomic E-state index is -0.740. The lowest BCUT2D eigenvalue weighted by Gasteiger charge is -2.65. The van der Waals surface area contributed by atoms with Crippen LogP contribution >= 0.6 is 0 Å². The summed E-state index contributed by atoms with van der Waals surface area (Å²) in [5.74, 6) is 3.51. The zero-order valence-electron chi connectivity index (χ0n) is 20.6. The Morgan fingerprint density at radius 1 is 1.06 bits per heavy atom. The lowest BCUT2D eigenvalue weighted by molar-refractivity contribution is -0.232. The molecule has 0 aromatic carbocycles. The summed E-state index contributed by atoms with van der Waals surface area (Å²) in [5.41, 5.74) is -1.67. The third kappa shape index (κ3) is 2.67. The maximum absolute atomic E-state index is 12.8. The molecule has 0 amide bonds. The van der Waals surface area contributed by atoms with Crippen LogP contribution in [0.1, 0.15) is 78.6 Å². The molecule has 6 saturated carbocycles. The van der Waals surface area contributed by atoms with Crippen molar-refractivity contribution in [3.8, 4) is 6.07 Å². The van der Waals surface area contributed by atoms with Crippen LogP contribution in [-0.4, -0.2) is 40.4 Å². The van der Waals surface area contributed by atoms with Crippen LogP contribution in [0, 0.1) is 69.5 Å². The third-order valence-corrected chi connectivity index (χ3v) is 12.3. The molecule has 6 aliphatic carbocycles. The number of ether oxygens (including phenoxy) is 1. The first-order valence-corrected chi connectivity index (χ1v) is 13.6. The molecule has 2 N–H and O–H groups in total. The molecule has 0 saturated heterocycles. The van der Waals surface area contributed by atoms with Crippen molar-refractivity contribution >= 4 is 5.78 Å². The topological polar surface area (TPSA) is 90.5 Å². The van der Waals surface area contributed by atoms with Gasteiger partial charge in [-0.3, -0.25) is 4.79 Å². The molecule has 5 heteroatoms. The molecular formula is C28H41NO4. The molecule has 0 bridgehead atoms. The van der Waals surface area contributed by atoms with Crippen LogP contribution in [0.4, 0.5) is 0 Å². The van der Waals surface area contributed by atoms with Gasteiger partial charge in [-0.2, -0.15) is 5.26 Å². The van der Waals surface area contributed by atoms with Crippen molar-refractivity contribution in [3.05, 3.63) is 0 Å². The van der Waals surface area contributed by atoms with E-state index in [1.54, 1.807) is 0 Å². The Hall–Kier alpha value is -0.960. The predicted octanol–water partition coefficient (Wildman–Crippen LogP) is 4.11. The zero-order chi connectivity index (χ0) is 23.4. The number of nitrogens with zero attached hydrogens (tertiary/aromatic N) is 1. The fourth-order valence-corrected chi connectivity index (χ4v) is 10.6. The van der Waals surface area contributed by atoms with Gasteiger partial charge in [0.15, 0.2) is 5.78 Å². The van der Waals surface area contributed by atoms with Crippen molar-refractivity contribution in [1.82, 2.24) is 0 Å². The number of fused-ring (bicyclic) bond motifs is 10. The van der Waals surface area contributed by atoms with Crippen molar-refractivity contribution in [2.45, 2.75) is 89.8 Å². The van der Waals surface area contributed by atoms with Gasteiger partial charge in [-0.05, 0) is 105 Å². The van der Waals surface area contributed by atoms with E-state index in [1.807, 2.05) is 6.92 Å². The van der Waals surface area contributed by atoms with E-state index in [2.05, 4.69) is 19.9 Å². The number of nitriles is 1.